The first kappa shape index (κ1) is 29.2. The molecular formula is C23H39N4O7P. The molecule has 1 aromatic rings. The summed E-state index contributed by atoms with van der Waals surface area (Å²) in [7, 11) is -1.46. The first-order chi connectivity index (χ1) is 16.8. The molecule has 1 aliphatic heterocycles. The molecule has 1 fully saturated rings. The van der Waals surface area contributed by atoms with Crippen LogP contribution in [-0.4, -0.2) is 61.8 Å². The highest BCUT2D eigenvalue weighted by Gasteiger charge is 2.27. The van der Waals surface area contributed by atoms with Gasteiger partial charge in [-0.25, -0.2) is 0 Å². The molecule has 1 saturated heterocycles. The summed E-state index contributed by atoms with van der Waals surface area (Å²) < 4.78 is 33.5. The highest BCUT2D eigenvalue weighted by Crippen LogP contribution is 2.44. The minimum Gasteiger partial charge on any atom is -0.478 e. The molecule has 0 radical (unpaired) electrons. The van der Waals surface area contributed by atoms with Gasteiger partial charge in [0.1, 0.15) is 12.5 Å². The fraction of sp³-hybridized carbons (Fsp3) is 0.696. The van der Waals surface area contributed by atoms with E-state index in [1.165, 1.54) is 0 Å². The Morgan fingerprint density at radius 2 is 2.00 bits per heavy atom. The van der Waals surface area contributed by atoms with Gasteiger partial charge in [0.15, 0.2) is 0 Å². The summed E-state index contributed by atoms with van der Waals surface area (Å²) in [5, 5.41) is 0. The predicted octanol–water partition coefficient (Wildman–Crippen LogP) is 4.11. The number of hydrogen-bond acceptors (Lipinski definition) is 11. The van der Waals surface area contributed by atoms with Gasteiger partial charge in [0.25, 0.3) is 0 Å². The van der Waals surface area contributed by atoms with Crippen molar-refractivity contribution in [3.05, 3.63) is 17.8 Å². The Morgan fingerprint density at radius 3 is 2.66 bits per heavy atom. The molecule has 11 nitrogen and oxygen atoms in total. The van der Waals surface area contributed by atoms with Crippen LogP contribution in [0.4, 0.5) is 11.8 Å². The maximum Gasteiger partial charge on any atom is 0.332 e. The molecule has 0 spiro atoms. The maximum atomic E-state index is 11.8. The SMILES string of the molecule is CCC/C=C/N(COCCOP1OCC(CC(=O)OC(C)C)CO1)c1nc(N)nc(OCC)c1C. The van der Waals surface area contributed by atoms with Gasteiger partial charge >= 0.3 is 14.6 Å². The molecule has 1 aromatic heterocycles. The lowest BCUT2D eigenvalue weighted by atomic mass is 10.1. The molecule has 0 aliphatic carbocycles. The van der Waals surface area contributed by atoms with Gasteiger partial charge in [-0.15, -0.1) is 0 Å². The van der Waals surface area contributed by atoms with Crippen molar-refractivity contribution in [2.45, 2.75) is 60.0 Å². The molecular weight excluding hydrogens is 475 g/mol. The van der Waals surface area contributed by atoms with E-state index in [9.17, 15) is 4.79 Å². The predicted molar refractivity (Wildman–Crippen MR) is 134 cm³/mol. The third kappa shape index (κ3) is 10.6. The molecule has 0 unspecified atom stereocenters. The molecule has 2 heterocycles. The first-order valence-electron chi connectivity index (χ1n) is 12.0. The van der Waals surface area contributed by atoms with Gasteiger partial charge in [-0.1, -0.05) is 19.4 Å². The number of nitrogen functional groups attached to an aromatic ring is 1. The molecule has 0 bridgehead atoms. The zero-order chi connectivity index (χ0) is 25.6. The summed E-state index contributed by atoms with van der Waals surface area (Å²) in [4.78, 5) is 22.2. The lowest BCUT2D eigenvalue weighted by Gasteiger charge is -2.27. The van der Waals surface area contributed by atoms with Crippen LogP contribution in [0.1, 0.15) is 52.5 Å². The number of aromatic nitrogens is 2. The van der Waals surface area contributed by atoms with Gasteiger partial charge in [-0.3, -0.25) is 4.79 Å². The quantitative estimate of drug-likeness (QED) is 0.157. The lowest BCUT2D eigenvalue weighted by molar-refractivity contribution is -0.149. The van der Waals surface area contributed by atoms with Crippen molar-refractivity contribution >= 4 is 26.3 Å². The second-order valence-electron chi connectivity index (χ2n) is 8.21. The minimum absolute atomic E-state index is 0.0339. The number of ether oxygens (including phenoxy) is 3. The third-order valence-electron chi connectivity index (χ3n) is 4.70. The number of carbonyl (C=O) groups excluding carboxylic acids is 1. The summed E-state index contributed by atoms with van der Waals surface area (Å²) in [6.45, 7) is 11.7. The normalized spacial score (nSPS) is 18.2. The number of unbranched alkanes of at least 4 members (excludes halogenated alkanes) is 1. The Hall–Kier alpha value is -2.04. The van der Waals surface area contributed by atoms with E-state index in [-0.39, 0.29) is 37.1 Å². The molecule has 1 aliphatic rings. The number of anilines is 2. The van der Waals surface area contributed by atoms with Crippen molar-refractivity contribution in [1.82, 2.24) is 9.97 Å². The van der Waals surface area contributed by atoms with Crippen LogP contribution in [0.3, 0.4) is 0 Å². The van der Waals surface area contributed by atoms with Crippen molar-refractivity contribution in [3.8, 4) is 5.88 Å². The van der Waals surface area contributed by atoms with Crippen molar-refractivity contribution in [2.75, 3.05) is 50.4 Å². The average molecular weight is 515 g/mol. The second kappa shape index (κ2) is 15.9. The van der Waals surface area contributed by atoms with Crippen molar-refractivity contribution in [2.24, 2.45) is 5.92 Å². The summed E-state index contributed by atoms with van der Waals surface area (Å²) in [6.07, 6.45) is 6.07. The molecule has 2 rings (SSSR count). The van der Waals surface area contributed by atoms with Gasteiger partial charge in [0, 0.05) is 12.1 Å². The average Bonchev–Trinajstić information content (AvgIpc) is 2.80. The summed E-state index contributed by atoms with van der Waals surface area (Å²) in [5.41, 5.74) is 6.68. The molecule has 0 aromatic carbocycles. The molecule has 35 heavy (non-hydrogen) atoms. The number of esters is 1. The van der Waals surface area contributed by atoms with Crippen LogP contribution in [0.25, 0.3) is 0 Å². The lowest BCUT2D eigenvalue weighted by Crippen LogP contribution is -2.26. The van der Waals surface area contributed by atoms with Crippen molar-refractivity contribution in [1.29, 1.82) is 0 Å². The Bertz CT molecular complexity index is 804. The van der Waals surface area contributed by atoms with Crippen LogP contribution >= 0.6 is 8.60 Å². The monoisotopic (exact) mass is 514 g/mol. The van der Waals surface area contributed by atoms with E-state index < -0.39 is 8.60 Å². The number of allylic oxidation sites excluding steroid dienone is 1. The number of nitrogens with zero attached hydrogens (tertiary/aromatic N) is 3. The van der Waals surface area contributed by atoms with Crippen LogP contribution in [0.2, 0.25) is 0 Å². The highest BCUT2D eigenvalue weighted by atomic mass is 31.2. The van der Waals surface area contributed by atoms with E-state index in [0.29, 0.717) is 44.7 Å². The van der Waals surface area contributed by atoms with Crippen molar-refractivity contribution in [3.63, 3.8) is 0 Å². The van der Waals surface area contributed by atoms with E-state index >= 15 is 0 Å². The van der Waals surface area contributed by atoms with E-state index in [1.807, 2.05) is 38.8 Å². The van der Waals surface area contributed by atoms with Gasteiger partial charge < -0.3 is 38.4 Å². The molecule has 0 atom stereocenters. The van der Waals surface area contributed by atoms with Crippen LogP contribution in [-0.2, 0) is 27.8 Å². The van der Waals surface area contributed by atoms with Gasteiger partial charge in [-0.05, 0) is 34.1 Å². The standard InChI is InChI=1S/C23H39N4O7P/c1-6-8-9-10-27(21-18(5)22(30-7-2)26-23(24)25-21)16-29-11-12-31-35-32-14-19(15-33-35)13-20(28)34-17(3)4/h9-10,17,19H,6-8,11-16H2,1-5H3,(H2,24,25,26)/b10-9+. The molecule has 0 amide bonds. The summed E-state index contributed by atoms with van der Waals surface area (Å²) >= 11 is 0. The summed E-state index contributed by atoms with van der Waals surface area (Å²) in [6, 6.07) is 0. The van der Waals surface area contributed by atoms with Crippen LogP contribution in [0.15, 0.2) is 12.3 Å². The number of carbonyl (C=O) groups is 1. The van der Waals surface area contributed by atoms with Gasteiger partial charge in [-0.2, -0.15) is 9.97 Å². The van der Waals surface area contributed by atoms with E-state index in [2.05, 4.69) is 23.0 Å². The van der Waals surface area contributed by atoms with Gasteiger partial charge in [0.05, 0.1) is 51.1 Å². The Balaban J connectivity index is 1.80. The van der Waals surface area contributed by atoms with E-state index in [0.717, 1.165) is 18.4 Å². The molecule has 2 N–H and O–H groups in total. The Labute approximate surface area is 209 Å². The zero-order valence-corrected chi connectivity index (χ0v) is 22.3. The van der Waals surface area contributed by atoms with Crippen LogP contribution < -0.4 is 15.4 Å². The van der Waals surface area contributed by atoms with Gasteiger partial charge in [0.2, 0.25) is 11.8 Å². The Kier molecular flexibility index (Phi) is 13.2. The molecule has 0 saturated carbocycles. The smallest absolute Gasteiger partial charge is 0.332 e. The number of hydrogen-bond donors (Lipinski definition) is 1. The minimum atomic E-state index is -1.46. The molecule has 12 heteroatoms. The number of rotatable bonds is 15. The van der Waals surface area contributed by atoms with E-state index in [1.54, 1.807) is 0 Å². The highest BCUT2D eigenvalue weighted by molar-refractivity contribution is 7.41. The fourth-order valence-corrected chi connectivity index (χ4v) is 4.20. The van der Waals surface area contributed by atoms with Crippen molar-refractivity contribution < 1.29 is 32.6 Å². The topological polar surface area (TPSA) is 127 Å². The largest absolute Gasteiger partial charge is 0.478 e. The van der Waals surface area contributed by atoms with Crippen LogP contribution in [0, 0.1) is 12.8 Å². The van der Waals surface area contributed by atoms with Crippen LogP contribution in [0.5, 0.6) is 5.88 Å². The second-order valence-corrected chi connectivity index (χ2v) is 9.43. The maximum absolute atomic E-state index is 11.8. The summed E-state index contributed by atoms with van der Waals surface area (Å²) in [5.74, 6) is 0.936. The fourth-order valence-electron chi connectivity index (χ4n) is 3.09. The number of nitrogens with two attached hydrogens (primary N) is 1. The van der Waals surface area contributed by atoms with E-state index in [4.69, 9.17) is 33.5 Å². The molecule has 198 valence electrons. The Morgan fingerprint density at radius 1 is 1.26 bits per heavy atom. The zero-order valence-electron chi connectivity index (χ0n) is 21.4. The third-order valence-corrected chi connectivity index (χ3v) is 5.81. The first-order valence-corrected chi connectivity index (χ1v) is 13.1.